The smallest absolute Gasteiger partial charge is 0.119 e. The lowest BCUT2D eigenvalue weighted by molar-refractivity contribution is 0.00774. The molecule has 0 bridgehead atoms. The van der Waals surface area contributed by atoms with Crippen LogP contribution in [0.3, 0.4) is 0 Å². The summed E-state index contributed by atoms with van der Waals surface area (Å²) in [5.41, 5.74) is 0. The Morgan fingerprint density at radius 2 is 1.89 bits per heavy atom. The summed E-state index contributed by atoms with van der Waals surface area (Å²) < 4.78 is 11.5. The Labute approximate surface area is 116 Å². The number of para-hydroxylation sites is 1. The first-order valence-corrected chi connectivity index (χ1v) is 7.28. The average molecular weight is 263 g/mol. The SMILES string of the molecule is CC(C)C(CNC1CC1)OCCOc1ccccc1. The van der Waals surface area contributed by atoms with Crippen molar-refractivity contribution in [1.29, 1.82) is 0 Å². The van der Waals surface area contributed by atoms with Crippen molar-refractivity contribution in [2.75, 3.05) is 19.8 Å². The molecule has 3 heteroatoms. The molecule has 1 fully saturated rings. The third kappa shape index (κ3) is 5.62. The topological polar surface area (TPSA) is 30.5 Å². The largest absolute Gasteiger partial charge is 0.491 e. The number of ether oxygens (including phenoxy) is 2. The first kappa shape index (κ1) is 14.4. The second-order valence-corrected chi connectivity index (χ2v) is 5.50. The molecule has 2 rings (SSSR count). The van der Waals surface area contributed by atoms with Crippen molar-refractivity contribution in [2.45, 2.75) is 38.8 Å². The zero-order chi connectivity index (χ0) is 13.5. The van der Waals surface area contributed by atoms with E-state index in [0.29, 0.717) is 19.1 Å². The van der Waals surface area contributed by atoms with Crippen LogP contribution < -0.4 is 10.1 Å². The van der Waals surface area contributed by atoms with Crippen LogP contribution in [0, 0.1) is 5.92 Å². The number of rotatable bonds is 9. The molecule has 106 valence electrons. The van der Waals surface area contributed by atoms with Crippen LogP contribution in [-0.4, -0.2) is 31.9 Å². The summed E-state index contributed by atoms with van der Waals surface area (Å²) in [6.45, 7) is 6.61. The Hall–Kier alpha value is -1.06. The van der Waals surface area contributed by atoms with Gasteiger partial charge in [0, 0.05) is 12.6 Å². The molecule has 0 radical (unpaired) electrons. The normalized spacial score (nSPS) is 16.6. The summed E-state index contributed by atoms with van der Waals surface area (Å²) in [6.07, 6.45) is 2.92. The van der Waals surface area contributed by atoms with Crippen LogP contribution in [0.15, 0.2) is 30.3 Å². The minimum Gasteiger partial charge on any atom is -0.491 e. The van der Waals surface area contributed by atoms with Crippen molar-refractivity contribution < 1.29 is 9.47 Å². The lowest BCUT2D eigenvalue weighted by Crippen LogP contribution is -2.35. The first-order chi connectivity index (χ1) is 9.25. The second-order valence-electron chi connectivity index (χ2n) is 5.50. The maximum absolute atomic E-state index is 5.92. The molecule has 3 nitrogen and oxygen atoms in total. The summed E-state index contributed by atoms with van der Waals surface area (Å²) in [4.78, 5) is 0. The molecule has 0 saturated heterocycles. The molecule has 0 aliphatic heterocycles. The maximum atomic E-state index is 5.92. The highest BCUT2D eigenvalue weighted by Crippen LogP contribution is 2.19. The van der Waals surface area contributed by atoms with Gasteiger partial charge in [-0.2, -0.15) is 0 Å². The zero-order valence-corrected chi connectivity index (χ0v) is 12.0. The van der Waals surface area contributed by atoms with Gasteiger partial charge in [-0.05, 0) is 30.9 Å². The molecule has 1 atom stereocenters. The van der Waals surface area contributed by atoms with Crippen molar-refractivity contribution in [3.05, 3.63) is 30.3 Å². The van der Waals surface area contributed by atoms with Crippen molar-refractivity contribution in [3.8, 4) is 5.75 Å². The van der Waals surface area contributed by atoms with Crippen LogP contribution in [0.1, 0.15) is 26.7 Å². The third-order valence-corrected chi connectivity index (χ3v) is 3.36. The van der Waals surface area contributed by atoms with Crippen molar-refractivity contribution in [2.24, 2.45) is 5.92 Å². The van der Waals surface area contributed by atoms with E-state index < -0.39 is 0 Å². The fourth-order valence-electron chi connectivity index (χ4n) is 1.93. The molecule has 1 unspecified atom stereocenters. The molecule has 1 N–H and O–H groups in total. The molecule has 1 aliphatic rings. The summed E-state index contributed by atoms with van der Waals surface area (Å²) in [5.74, 6) is 1.44. The van der Waals surface area contributed by atoms with E-state index in [4.69, 9.17) is 9.47 Å². The molecule has 1 aromatic rings. The van der Waals surface area contributed by atoms with Gasteiger partial charge in [-0.3, -0.25) is 0 Å². The molecular weight excluding hydrogens is 238 g/mol. The van der Waals surface area contributed by atoms with Crippen molar-refractivity contribution in [1.82, 2.24) is 5.32 Å². The lowest BCUT2D eigenvalue weighted by atomic mass is 10.1. The molecular formula is C16H25NO2. The van der Waals surface area contributed by atoms with Gasteiger partial charge in [0.1, 0.15) is 12.4 Å². The molecule has 0 aromatic heterocycles. The van der Waals surface area contributed by atoms with Gasteiger partial charge in [0.2, 0.25) is 0 Å². The summed E-state index contributed by atoms with van der Waals surface area (Å²) in [6, 6.07) is 10.6. The molecule has 0 heterocycles. The fourth-order valence-corrected chi connectivity index (χ4v) is 1.93. The molecule has 1 saturated carbocycles. The number of hydrogen-bond acceptors (Lipinski definition) is 3. The van der Waals surface area contributed by atoms with E-state index in [1.807, 2.05) is 30.3 Å². The molecule has 0 spiro atoms. The minimum absolute atomic E-state index is 0.278. The number of hydrogen-bond donors (Lipinski definition) is 1. The number of benzene rings is 1. The summed E-state index contributed by atoms with van der Waals surface area (Å²) >= 11 is 0. The highest BCUT2D eigenvalue weighted by atomic mass is 16.5. The van der Waals surface area contributed by atoms with Crippen LogP contribution in [-0.2, 0) is 4.74 Å². The van der Waals surface area contributed by atoms with E-state index in [1.165, 1.54) is 12.8 Å². The number of nitrogens with one attached hydrogen (secondary N) is 1. The molecule has 1 aliphatic carbocycles. The maximum Gasteiger partial charge on any atom is 0.119 e. The van der Waals surface area contributed by atoms with Crippen LogP contribution in [0.5, 0.6) is 5.75 Å². The standard InChI is InChI=1S/C16H25NO2/c1-13(2)16(12-17-14-8-9-14)19-11-10-18-15-6-4-3-5-7-15/h3-7,13-14,16-17H,8-12H2,1-2H3. The Morgan fingerprint density at radius 3 is 2.53 bits per heavy atom. The Morgan fingerprint density at radius 1 is 1.16 bits per heavy atom. The highest BCUT2D eigenvalue weighted by molar-refractivity contribution is 5.20. The van der Waals surface area contributed by atoms with Gasteiger partial charge in [0.15, 0.2) is 0 Å². The fraction of sp³-hybridized carbons (Fsp3) is 0.625. The Bertz CT molecular complexity index is 349. The van der Waals surface area contributed by atoms with Gasteiger partial charge in [0.05, 0.1) is 12.7 Å². The van der Waals surface area contributed by atoms with E-state index in [1.54, 1.807) is 0 Å². The molecule has 0 amide bonds. The van der Waals surface area contributed by atoms with E-state index in [0.717, 1.165) is 18.3 Å². The Kier molecular flexibility index (Phi) is 5.67. The first-order valence-electron chi connectivity index (χ1n) is 7.28. The van der Waals surface area contributed by atoms with Gasteiger partial charge >= 0.3 is 0 Å². The summed E-state index contributed by atoms with van der Waals surface area (Å²) in [5, 5.41) is 3.53. The van der Waals surface area contributed by atoms with E-state index in [-0.39, 0.29) is 6.10 Å². The Balaban J connectivity index is 1.61. The predicted octanol–water partition coefficient (Wildman–Crippen LogP) is 2.86. The summed E-state index contributed by atoms with van der Waals surface area (Å²) in [7, 11) is 0. The van der Waals surface area contributed by atoms with E-state index >= 15 is 0 Å². The van der Waals surface area contributed by atoms with Gasteiger partial charge in [-0.1, -0.05) is 32.0 Å². The lowest BCUT2D eigenvalue weighted by Gasteiger charge is -2.22. The van der Waals surface area contributed by atoms with E-state index in [2.05, 4.69) is 19.2 Å². The van der Waals surface area contributed by atoms with Crippen LogP contribution >= 0.6 is 0 Å². The highest BCUT2D eigenvalue weighted by Gasteiger charge is 2.23. The third-order valence-electron chi connectivity index (χ3n) is 3.36. The van der Waals surface area contributed by atoms with Crippen LogP contribution in [0.4, 0.5) is 0 Å². The quantitative estimate of drug-likeness (QED) is 0.695. The minimum atomic E-state index is 0.278. The van der Waals surface area contributed by atoms with E-state index in [9.17, 15) is 0 Å². The van der Waals surface area contributed by atoms with Gasteiger partial charge in [-0.25, -0.2) is 0 Å². The van der Waals surface area contributed by atoms with Crippen molar-refractivity contribution >= 4 is 0 Å². The van der Waals surface area contributed by atoms with Crippen molar-refractivity contribution in [3.63, 3.8) is 0 Å². The van der Waals surface area contributed by atoms with Gasteiger partial charge in [0.25, 0.3) is 0 Å². The van der Waals surface area contributed by atoms with Crippen LogP contribution in [0.2, 0.25) is 0 Å². The van der Waals surface area contributed by atoms with Gasteiger partial charge in [-0.15, -0.1) is 0 Å². The predicted molar refractivity (Wildman–Crippen MR) is 77.5 cm³/mol. The monoisotopic (exact) mass is 263 g/mol. The average Bonchev–Trinajstić information content (AvgIpc) is 3.22. The zero-order valence-electron chi connectivity index (χ0n) is 12.0. The molecule has 1 aromatic carbocycles. The second kappa shape index (κ2) is 7.51. The molecule has 19 heavy (non-hydrogen) atoms. The van der Waals surface area contributed by atoms with Crippen LogP contribution in [0.25, 0.3) is 0 Å². The van der Waals surface area contributed by atoms with Gasteiger partial charge < -0.3 is 14.8 Å².